The molecule has 1 saturated heterocycles. The Morgan fingerprint density at radius 1 is 0.784 bits per heavy atom. The van der Waals surface area contributed by atoms with E-state index in [-0.39, 0.29) is 16.4 Å². The van der Waals surface area contributed by atoms with Crippen LogP contribution in [0.4, 0.5) is 21.6 Å². The lowest BCUT2D eigenvalue weighted by atomic mass is 10.1. The number of aromatic nitrogens is 3. The van der Waals surface area contributed by atoms with Crippen LogP contribution in [-0.4, -0.2) is 45.6 Å². The number of benzene rings is 3. The summed E-state index contributed by atoms with van der Waals surface area (Å²) in [6, 6.07) is 23.2. The van der Waals surface area contributed by atoms with Crippen molar-refractivity contribution in [2.45, 2.75) is 0 Å². The molecule has 1 aliphatic heterocycles. The van der Waals surface area contributed by atoms with Gasteiger partial charge in [0.1, 0.15) is 18.0 Å². The molecule has 0 amide bonds. The van der Waals surface area contributed by atoms with E-state index in [4.69, 9.17) is 4.98 Å². The van der Waals surface area contributed by atoms with Crippen LogP contribution in [0.15, 0.2) is 91.4 Å². The fourth-order valence-corrected chi connectivity index (χ4v) is 4.88. The second-order valence-corrected chi connectivity index (χ2v) is 8.90. The van der Waals surface area contributed by atoms with Crippen LogP contribution in [0.3, 0.4) is 0 Å². The predicted octanol–water partition coefficient (Wildman–Crippen LogP) is 5.46. The normalized spacial score (nSPS) is 13.8. The first-order chi connectivity index (χ1) is 18.1. The number of rotatable bonds is 5. The number of nitro benzene ring substituents is 1. The smallest absolute Gasteiger partial charge is 0.269 e. The van der Waals surface area contributed by atoms with Gasteiger partial charge in [-0.05, 0) is 42.0 Å². The average Bonchev–Trinajstić information content (AvgIpc) is 3.34. The molecule has 5 aromatic rings. The molecule has 0 saturated carbocycles. The number of non-ortho nitro benzene ring substituents is 1. The van der Waals surface area contributed by atoms with Gasteiger partial charge in [0, 0.05) is 61.4 Å². The Morgan fingerprint density at radius 2 is 1.43 bits per heavy atom. The SMILES string of the molecule is O=[N+]([O-])c1ccc(N2CCN(c3ncnc4c3c(-c3ccccc3)cn4-c3ccc(F)cc3)CC2)cc1. The van der Waals surface area contributed by atoms with Gasteiger partial charge < -0.3 is 14.4 Å². The number of fused-ring (bicyclic) bond motifs is 1. The van der Waals surface area contributed by atoms with Crippen LogP contribution in [0.25, 0.3) is 27.8 Å². The van der Waals surface area contributed by atoms with Gasteiger partial charge in [0.25, 0.3) is 5.69 Å². The Kier molecular flexibility index (Phi) is 5.72. The molecule has 0 unspecified atom stereocenters. The molecule has 2 aromatic heterocycles. The highest BCUT2D eigenvalue weighted by Gasteiger charge is 2.24. The maximum Gasteiger partial charge on any atom is 0.269 e. The number of piperazine rings is 1. The van der Waals surface area contributed by atoms with Gasteiger partial charge in [0.15, 0.2) is 5.65 Å². The monoisotopic (exact) mass is 494 g/mol. The van der Waals surface area contributed by atoms with Crippen molar-refractivity contribution in [1.29, 1.82) is 0 Å². The van der Waals surface area contributed by atoms with Crippen LogP contribution < -0.4 is 9.80 Å². The predicted molar refractivity (Wildman–Crippen MR) is 142 cm³/mol. The summed E-state index contributed by atoms with van der Waals surface area (Å²) < 4.78 is 15.6. The fraction of sp³-hybridized carbons (Fsp3) is 0.143. The highest BCUT2D eigenvalue weighted by molar-refractivity contribution is 6.02. The zero-order valence-corrected chi connectivity index (χ0v) is 19.9. The van der Waals surface area contributed by atoms with Gasteiger partial charge in [-0.15, -0.1) is 0 Å². The van der Waals surface area contributed by atoms with Crippen molar-refractivity contribution < 1.29 is 9.31 Å². The van der Waals surface area contributed by atoms with E-state index in [9.17, 15) is 14.5 Å². The maximum absolute atomic E-state index is 13.6. The van der Waals surface area contributed by atoms with Gasteiger partial charge in [-0.25, -0.2) is 14.4 Å². The first-order valence-electron chi connectivity index (χ1n) is 12.0. The molecular weight excluding hydrogens is 471 g/mol. The van der Waals surface area contributed by atoms with Gasteiger partial charge in [0.05, 0.1) is 10.3 Å². The first kappa shape index (κ1) is 22.7. The standard InChI is InChI=1S/C28H23FN6O2/c29-21-6-8-23(9-7-21)34-18-25(20-4-2-1-3-5-20)26-27(30-19-31-28(26)34)33-16-14-32(15-17-33)22-10-12-24(13-11-22)35(36)37/h1-13,18-19H,14-17H2. The fourth-order valence-electron chi connectivity index (χ4n) is 4.88. The molecule has 9 heteroatoms. The van der Waals surface area contributed by atoms with Gasteiger partial charge in [-0.3, -0.25) is 10.1 Å². The lowest BCUT2D eigenvalue weighted by Gasteiger charge is -2.37. The van der Waals surface area contributed by atoms with Crippen molar-refractivity contribution in [3.8, 4) is 16.8 Å². The lowest BCUT2D eigenvalue weighted by Crippen LogP contribution is -2.46. The minimum atomic E-state index is -0.384. The summed E-state index contributed by atoms with van der Waals surface area (Å²) in [5.74, 6) is 0.567. The molecule has 0 aliphatic carbocycles. The van der Waals surface area contributed by atoms with Crippen molar-refractivity contribution in [2.75, 3.05) is 36.0 Å². The Labute approximate surface area is 212 Å². The highest BCUT2D eigenvalue weighted by Crippen LogP contribution is 2.37. The molecule has 184 valence electrons. The third kappa shape index (κ3) is 4.24. The van der Waals surface area contributed by atoms with Gasteiger partial charge in [0.2, 0.25) is 0 Å². The number of anilines is 2. The molecule has 1 aliphatic rings. The summed E-state index contributed by atoms with van der Waals surface area (Å²) in [7, 11) is 0. The lowest BCUT2D eigenvalue weighted by molar-refractivity contribution is -0.384. The first-order valence-corrected chi connectivity index (χ1v) is 12.0. The summed E-state index contributed by atoms with van der Waals surface area (Å²) >= 11 is 0. The third-order valence-corrected chi connectivity index (χ3v) is 6.76. The van der Waals surface area contributed by atoms with E-state index in [0.717, 1.165) is 65.5 Å². The molecule has 1 fully saturated rings. The van der Waals surface area contributed by atoms with Crippen LogP contribution in [0.1, 0.15) is 0 Å². The van der Waals surface area contributed by atoms with Gasteiger partial charge in [-0.1, -0.05) is 30.3 Å². The molecule has 3 aromatic carbocycles. The molecule has 0 N–H and O–H groups in total. The van der Waals surface area contributed by atoms with Crippen LogP contribution in [0.5, 0.6) is 0 Å². The van der Waals surface area contributed by atoms with E-state index in [1.54, 1.807) is 42.7 Å². The van der Waals surface area contributed by atoms with Crippen LogP contribution in [-0.2, 0) is 0 Å². The Balaban J connectivity index is 1.37. The summed E-state index contributed by atoms with van der Waals surface area (Å²) in [4.78, 5) is 24.4. The second kappa shape index (κ2) is 9.34. The second-order valence-electron chi connectivity index (χ2n) is 8.90. The molecule has 0 spiro atoms. The minimum absolute atomic E-state index is 0.0878. The number of hydrogen-bond donors (Lipinski definition) is 0. The molecule has 8 nitrogen and oxygen atoms in total. The zero-order valence-electron chi connectivity index (χ0n) is 19.9. The summed E-state index contributed by atoms with van der Waals surface area (Å²) in [6.45, 7) is 2.98. The molecule has 0 atom stereocenters. The minimum Gasteiger partial charge on any atom is -0.368 e. The molecular formula is C28H23FN6O2. The van der Waals surface area contributed by atoms with E-state index < -0.39 is 0 Å². The van der Waals surface area contributed by atoms with E-state index >= 15 is 0 Å². The van der Waals surface area contributed by atoms with Gasteiger partial charge in [-0.2, -0.15) is 0 Å². The topological polar surface area (TPSA) is 80.3 Å². The van der Waals surface area contributed by atoms with Crippen LogP contribution >= 0.6 is 0 Å². The van der Waals surface area contributed by atoms with Crippen LogP contribution in [0.2, 0.25) is 0 Å². The quantitative estimate of drug-likeness (QED) is 0.238. The Bertz CT molecular complexity index is 1560. The van der Waals surface area contributed by atoms with Crippen LogP contribution in [0, 0.1) is 15.9 Å². The van der Waals surface area contributed by atoms with E-state index in [1.807, 2.05) is 29.0 Å². The molecule has 0 radical (unpaired) electrons. The van der Waals surface area contributed by atoms with E-state index in [2.05, 4.69) is 26.9 Å². The summed E-state index contributed by atoms with van der Waals surface area (Å²) in [6.07, 6.45) is 3.62. The largest absolute Gasteiger partial charge is 0.368 e. The molecule has 3 heterocycles. The summed E-state index contributed by atoms with van der Waals surface area (Å²) in [5.41, 5.74) is 4.69. The van der Waals surface area contributed by atoms with E-state index in [0.29, 0.717) is 0 Å². The van der Waals surface area contributed by atoms with E-state index in [1.165, 1.54) is 12.1 Å². The Morgan fingerprint density at radius 3 is 2.11 bits per heavy atom. The summed E-state index contributed by atoms with van der Waals surface area (Å²) in [5, 5.41) is 11.9. The zero-order chi connectivity index (χ0) is 25.4. The van der Waals surface area contributed by atoms with Crippen molar-refractivity contribution in [1.82, 2.24) is 14.5 Å². The van der Waals surface area contributed by atoms with Gasteiger partial charge >= 0.3 is 0 Å². The average molecular weight is 495 g/mol. The van der Waals surface area contributed by atoms with Crippen molar-refractivity contribution >= 4 is 28.2 Å². The molecule has 6 rings (SSSR count). The van der Waals surface area contributed by atoms with Crippen molar-refractivity contribution in [3.05, 3.63) is 107 Å². The van der Waals surface area contributed by atoms with Crippen molar-refractivity contribution in [3.63, 3.8) is 0 Å². The third-order valence-electron chi connectivity index (χ3n) is 6.76. The number of halogens is 1. The molecule has 0 bridgehead atoms. The number of hydrogen-bond acceptors (Lipinski definition) is 6. The maximum atomic E-state index is 13.6. The number of nitro groups is 1. The molecule has 37 heavy (non-hydrogen) atoms. The Hall–Kier alpha value is -4.79. The highest BCUT2D eigenvalue weighted by atomic mass is 19.1. The van der Waals surface area contributed by atoms with Crippen molar-refractivity contribution in [2.24, 2.45) is 0 Å². The number of nitrogens with zero attached hydrogens (tertiary/aromatic N) is 6.